The van der Waals surface area contributed by atoms with E-state index in [1.165, 1.54) is 95.7 Å². The molecule has 2 aromatic rings. The zero-order valence-corrected chi connectivity index (χ0v) is 25.1. The maximum Gasteiger partial charge on any atom is 0.344 e. The number of hydrogen-bond donors (Lipinski definition) is 0. The average Bonchev–Trinajstić information content (AvgIpc) is 2.98. The lowest BCUT2D eigenvalue weighted by molar-refractivity contribution is 0.0446. The molecule has 222 valence electrons. The van der Waals surface area contributed by atoms with Crippen LogP contribution in [0.25, 0.3) is 0 Å². The molecule has 0 aliphatic carbocycles. The van der Waals surface area contributed by atoms with Gasteiger partial charge in [0.15, 0.2) is 0 Å². The second kappa shape index (κ2) is 20.9. The van der Waals surface area contributed by atoms with Crippen LogP contribution in [0.15, 0.2) is 42.6 Å². The van der Waals surface area contributed by atoms with Crippen molar-refractivity contribution >= 4 is 11.9 Å². The van der Waals surface area contributed by atoms with Crippen molar-refractivity contribution in [2.75, 3.05) is 13.2 Å². The molecule has 0 saturated heterocycles. The average molecular weight is 554 g/mol. The fourth-order valence-electron chi connectivity index (χ4n) is 4.31. The highest BCUT2D eigenvalue weighted by Gasteiger charge is 2.13. The zero-order valence-electron chi connectivity index (χ0n) is 25.1. The number of unbranched alkanes of at least 4 members (excludes halogenated alkanes) is 13. The number of pyridine rings is 1. The van der Waals surface area contributed by atoms with Gasteiger partial charge in [0.2, 0.25) is 5.88 Å². The first-order valence-electron chi connectivity index (χ1n) is 15.6. The van der Waals surface area contributed by atoms with Gasteiger partial charge >= 0.3 is 11.9 Å². The number of rotatable bonds is 22. The van der Waals surface area contributed by atoms with Gasteiger partial charge < -0.3 is 14.2 Å². The Hall–Kier alpha value is -2.89. The maximum absolute atomic E-state index is 12.5. The maximum atomic E-state index is 12.5. The Balaban J connectivity index is 1.54. The Morgan fingerprint density at radius 3 is 1.77 bits per heavy atom. The fraction of sp³-hybridized carbons (Fsp3) is 0.618. The Labute approximate surface area is 242 Å². The van der Waals surface area contributed by atoms with E-state index in [0.717, 1.165) is 18.6 Å². The van der Waals surface area contributed by atoms with E-state index < -0.39 is 11.9 Å². The van der Waals surface area contributed by atoms with E-state index in [2.05, 4.69) is 11.9 Å². The second-order valence-electron chi connectivity index (χ2n) is 10.9. The molecule has 0 saturated carbocycles. The van der Waals surface area contributed by atoms with Crippen molar-refractivity contribution in [3.63, 3.8) is 0 Å². The molecule has 1 aromatic carbocycles. The molecule has 1 aromatic heterocycles. The van der Waals surface area contributed by atoms with E-state index in [0.29, 0.717) is 30.3 Å². The monoisotopic (exact) mass is 553 g/mol. The summed E-state index contributed by atoms with van der Waals surface area (Å²) in [7, 11) is 0. The van der Waals surface area contributed by atoms with Gasteiger partial charge in [-0.1, -0.05) is 111 Å². The molecule has 6 heteroatoms. The first-order chi connectivity index (χ1) is 19.5. The van der Waals surface area contributed by atoms with E-state index in [1.807, 2.05) is 13.8 Å². The highest BCUT2D eigenvalue weighted by molar-refractivity contribution is 5.91. The third-order valence-electron chi connectivity index (χ3n) is 7.22. The minimum Gasteiger partial charge on any atom is -0.494 e. The minimum atomic E-state index is -0.516. The smallest absolute Gasteiger partial charge is 0.344 e. The van der Waals surface area contributed by atoms with Gasteiger partial charge in [0, 0.05) is 12.3 Å². The van der Waals surface area contributed by atoms with E-state index in [4.69, 9.17) is 14.2 Å². The molecule has 2 rings (SSSR count). The number of ether oxygens (including phenoxy) is 3. The van der Waals surface area contributed by atoms with Gasteiger partial charge in [0.05, 0.1) is 24.3 Å². The largest absolute Gasteiger partial charge is 0.494 e. The first kappa shape index (κ1) is 33.3. The number of nitrogens with zero attached hydrogens (tertiary/aromatic N) is 1. The van der Waals surface area contributed by atoms with Gasteiger partial charge in [-0.25, -0.2) is 14.6 Å². The highest BCUT2D eigenvalue weighted by Crippen LogP contribution is 2.17. The van der Waals surface area contributed by atoms with Crippen LogP contribution >= 0.6 is 0 Å². The van der Waals surface area contributed by atoms with E-state index in [-0.39, 0.29) is 5.88 Å². The van der Waals surface area contributed by atoms with E-state index >= 15 is 0 Å². The van der Waals surface area contributed by atoms with Crippen LogP contribution in [0.5, 0.6) is 11.6 Å². The molecule has 0 aliphatic rings. The van der Waals surface area contributed by atoms with Gasteiger partial charge in [-0.15, -0.1) is 0 Å². The first-order valence-corrected chi connectivity index (χ1v) is 15.6. The van der Waals surface area contributed by atoms with Crippen molar-refractivity contribution in [3.8, 4) is 11.6 Å². The molecule has 1 heterocycles. The predicted octanol–water partition coefficient (Wildman–Crippen LogP) is 9.36. The van der Waals surface area contributed by atoms with Crippen molar-refractivity contribution in [3.05, 3.63) is 53.7 Å². The van der Waals surface area contributed by atoms with Crippen LogP contribution in [0.4, 0.5) is 0 Å². The molecule has 0 bridgehead atoms. The summed E-state index contributed by atoms with van der Waals surface area (Å²) in [5, 5.41) is 0. The topological polar surface area (TPSA) is 74.7 Å². The van der Waals surface area contributed by atoms with Crippen molar-refractivity contribution in [2.24, 2.45) is 5.92 Å². The molecule has 0 N–H and O–H groups in total. The zero-order chi connectivity index (χ0) is 28.8. The van der Waals surface area contributed by atoms with Crippen LogP contribution in [-0.2, 0) is 4.74 Å². The van der Waals surface area contributed by atoms with E-state index in [9.17, 15) is 9.59 Å². The van der Waals surface area contributed by atoms with Gasteiger partial charge in [0.1, 0.15) is 5.75 Å². The summed E-state index contributed by atoms with van der Waals surface area (Å²) in [4.78, 5) is 28.6. The van der Waals surface area contributed by atoms with Gasteiger partial charge in [-0.2, -0.15) is 0 Å². The number of hydrogen-bond acceptors (Lipinski definition) is 6. The van der Waals surface area contributed by atoms with Crippen LogP contribution < -0.4 is 9.47 Å². The van der Waals surface area contributed by atoms with Crippen molar-refractivity contribution in [1.82, 2.24) is 4.98 Å². The van der Waals surface area contributed by atoms with Crippen molar-refractivity contribution < 1.29 is 23.8 Å². The minimum absolute atomic E-state index is 0.126. The van der Waals surface area contributed by atoms with Crippen LogP contribution in [0.3, 0.4) is 0 Å². The Morgan fingerprint density at radius 1 is 0.700 bits per heavy atom. The van der Waals surface area contributed by atoms with Crippen molar-refractivity contribution in [1.29, 1.82) is 0 Å². The molecular weight excluding hydrogens is 502 g/mol. The van der Waals surface area contributed by atoms with E-state index in [1.54, 1.807) is 30.3 Å². The molecule has 0 spiro atoms. The van der Waals surface area contributed by atoms with Gasteiger partial charge in [-0.3, -0.25) is 0 Å². The molecular formula is C34H51NO5. The lowest BCUT2D eigenvalue weighted by Gasteiger charge is -2.10. The summed E-state index contributed by atoms with van der Waals surface area (Å²) in [5.74, 6) is 0.220. The third kappa shape index (κ3) is 14.5. The summed E-state index contributed by atoms with van der Waals surface area (Å²) < 4.78 is 16.4. The second-order valence-corrected chi connectivity index (χ2v) is 10.9. The van der Waals surface area contributed by atoms with Gasteiger partial charge in [0.25, 0.3) is 0 Å². The molecule has 40 heavy (non-hydrogen) atoms. The third-order valence-corrected chi connectivity index (χ3v) is 7.22. The summed E-state index contributed by atoms with van der Waals surface area (Å²) >= 11 is 0. The summed E-state index contributed by atoms with van der Waals surface area (Å²) in [6.45, 7) is 7.38. The number of aromatic nitrogens is 1. The number of benzene rings is 1. The Kier molecular flexibility index (Phi) is 17.4. The quantitative estimate of drug-likeness (QED) is 0.107. The standard InChI is InChI=1S/C34H51NO5/c1-4-6-7-8-9-10-11-12-13-14-15-16-17-18-25-38-31-22-19-29(20-23-31)34(37)40-32-24-21-30(26-35-32)33(36)39-27-28(3)5-2/h19-24,26,28H,4-18,25,27H2,1-3H3/t28-/m0/s1. The van der Waals surface area contributed by atoms with Crippen LogP contribution in [-0.4, -0.2) is 30.1 Å². The normalized spacial score (nSPS) is 11.7. The van der Waals surface area contributed by atoms with Crippen LogP contribution in [0.2, 0.25) is 0 Å². The summed E-state index contributed by atoms with van der Waals surface area (Å²) in [6.07, 6.45) is 21.0. The number of esters is 2. The molecule has 0 amide bonds. The fourth-order valence-corrected chi connectivity index (χ4v) is 4.31. The Bertz CT molecular complexity index is 942. The summed E-state index contributed by atoms with van der Waals surface area (Å²) in [5.41, 5.74) is 0.728. The highest BCUT2D eigenvalue weighted by atomic mass is 16.5. The lowest BCUT2D eigenvalue weighted by Crippen LogP contribution is -2.13. The lowest BCUT2D eigenvalue weighted by atomic mass is 10.0. The van der Waals surface area contributed by atoms with Crippen LogP contribution in [0.1, 0.15) is 138 Å². The summed E-state index contributed by atoms with van der Waals surface area (Å²) in [6, 6.07) is 9.97. The number of carbonyl (C=O) groups is 2. The van der Waals surface area contributed by atoms with Gasteiger partial charge in [-0.05, 0) is 42.7 Å². The molecule has 0 radical (unpaired) electrons. The predicted molar refractivity (Wildman–Crippen MR) is 161 cm³/mol. The van der Waals surface area contributed by atoms with Crippen LogP contribution in [0, 0.1) is 5.92 Å². The molecule has 0 unspecified atom stereocenters. The molecule has 6 nitrogen and oxygen atoms in total. The molecule has 0 fully saturated rings. The number of carbonyl (C=O) groups excluding carboxylic acids is 2. The molecule has 0 aliphatic heterocycles. The van der Waals surface area contributed by atoms with Crippen molar-refractivity contribution in [2.45, 2.75) is 117 Å². The molecule has 1 atom stereocenters. The Morgan fingerprint density at radius 2 is 1.25 bits per heavy atom. The SMILES string of the molecule is CCCCCCCCCCCCCCCCOc1ccc(C(=O)Oc2ccc(C(=O)OC[C@@H](C)CC)cn2)cc1.